The van der Waals surface area contributed by atoms with E-state index in [1.807, 2.05) is 31.3 Å². The molecule has 6 heteroatoms. The minimum atomic E-state index is 0.346. The largest absolute Gasteiger partial charge is 0.340 e. The van der Waals surface area contributed by atoms with Crippen LogP contribution in [0.15, 0.2) is 47.9 Å². The zero-order chi connectivity index (χ0) is 13.2. The highest BCUT2D eigenvalue weighted by Crippen LogP contribution is 2.20. The van der Waals surface area contributed by atoms with Crippen LogP contribution >= 0.6 is 0 Å². The Morgan fingerprint density at radius 1 is 1.26 bits per heavy atom. The van der Waals surface area contributed by atoms with Crippen molar-refractivity contribution < 1.29 is 0 Å². The Labute approximate surface area is 109 Å². The molecule has 3 aromatic heterocycles. The molecule has 0 saturated heterocycles. The van der Waals surface area contributed by atoms with Crippen molar-refractivity contribution in [2.45, 2.75) is 6.92 Å². The Morgan fingerprint density at radius 3 is 3.00 bits per heavy atom. The number of nitroso groups, excluding NO2 is 1. The SMILES string of the molecule is Cc1cc2cc(Nc3cc(N=O)ccn3)ccn2n1. The van der Waals surface area contributed by atoms with Crippen LogP contribution in [-0.4, -0.2) is 14.6 Å². The molecule has 0 spiro atoms. The molecule has 19 heavy (non-hydrogen) atoms. The fraction of sp³-hybridized carbons (Fsp3) is 0.0769. The first kappa shape index (κ1) is 11.3. The summed E-state index contributed by atoms with van der Waals surface area (Å²) in [5.74, 6) is 0.581. The molecule has 1 N–H and O–H groups in total. The van der Waals surface area contributed by atoms with Crippen molar-refractivity contribution in [2.24, 2.45) is 5.18 Å². The summed E-state index contributed by atoms with van der Waals surface area (Å²) >= 11 is 0. The Morgan fingerprint density at radius 2 is 2.16 bits per heavy atom. The number of anilines is 2. The fourth-order valence-electron chi connectivity index (χ4n) is 1.89. The van der Waals surface area contributed by atoms with Gasteiger partial charge < -0.3 is 5.32 Å². The standard InChI is InChI=1S/C13H11N5O/c1-9-6-12-7-10(3-5-18(12)16-9)15-13-8-11(17-19)2-4-14-13/h2-8H,1H3,(H,14,15). The third-order valence-corrected chi connectivity index (χ3v) is 2.71. The summed E-state index contributed by atoms with van der Waals surface area (Å²) in [6.45, 7) is 1.95. The van der Waals surface area contributed by atoms with E-state index < -0.39 is 0 Å². The summed E-state index contributed by atoms with van der Waals surface area (Å²) in [5.41, 5.74) is 3.18. The zero-order valence-corrected chi connectivity index (χ0v) is 10.2. The van der Waals surface area contributed by atoms with Gasteiger partial charge in [0.2, 0.25) is 0 Å². The van der Waals surface area contributed by atoms with Crippen LogP contribution in [0.25, 0.3) is 5.52 Å². The van der Waals surface area contributed by atoms with E-state index in [0.717, 1.165) is 16.9 Å². The van der Waals surface area contributed by atoms with Gasteiger partial charge in [0, 0.05) is 24.1 Å². The van der Waals surface area contributed by atoms with E-state index in [2.05, 4.69) is 20.6 Å². The van der Waals surface area contributed by atoms with Gasteiger partial charge in [-0.3, -0.25) is 0 Å². The number of aromatic nitrogens is 3. The molecule has 3 aromatic rings. The first-order chi connectivity index (χ1) is 9.24. The van der Waals surface area contributed by atoms with E-state index in [0.29, 0.717) is 11.5 Å². The maximum atomic E-state index is 10.5. The van der Waals surface area contributed by atoms with Gasteiger partial charge in [0.1, 0.15) is 11.5 Å². The Kier molecular flexibility index (Phi) is 2.68. The monoisotopic (exact) mass is 253 g/mol. The summed E-state index contributed by atoms with van der Waals surface area (Å²) in [6.07, 6.45) is 3.41. The second kappa shape index (κ2) is 4.49. The van der Waals surface area contributed by atoms with Crippen molar-refractivity contribution >= 4 is 22.7 Å². The van der Waals surface area contributed by atoms with Crippen LogP contribution in [0.5, 0.6) is 0 Å². The minimum absolute atomic E-state index is 0.346. The average molecular weight is 253 g/mol. The quantitative estimate of drug-likeness (QED) is 0.727. The van der Waals surface area contributed by atoms with Crippen LogP contribution in [0.1, 0.15) is 5.69 Å². The number of pyridine rings is 2. The molecular weight excluding hydrogens is 242 g/mol. The van der Waals surface area contributed by atoms with Crippen molar-refractivity contribution in [2.75, 3.05) is 5.32 Å². The first-order valence-corrected chi connectivity index (χ1v) is 5.77. The van der Waals surface area contributed by atoms with E-state index >= 15 is 0 Å². The Bertz CT molecular complexity index is 750. The smallest absolute Gasteiger partial charge is 0.132 e. The summed E-state index contributed by atoms with van der Waals surface area (Å²) < 4.78 is 1.80. The van der Waals surface area contributed by atoms with Crippen molar-refractivity contribution in [3.8, 4) is 0 Å². The molecule has 0 aliphatic rings. The van der Waals surface area contributed by atoms with Crippen molar-refractivity contribution in [3.63, 3.8) is 0 Å². The van der Waals surface area contributed by atoms with Gasteiger partial charge in [0.25, 0.3) is 0 Å². The molecule has 94 valence electrons. The fourth-order valence-corrected chi connectivity index (χ4v) is 1.89. The lowest BCUT2D eigenvalue weighted by atomic mass is 10.3. The van der Waals surface area contributed by atoms with Crippen LogP contribution in [0.4, 0.5) is 17.2 Å². The van der Waals surface area contributed by atoms with Crippen molar-refractivity contribution in [1.29, 1.82) is 0 Å². The van der Waals surface area contributed by atoms with Crippen LogP contribution < -0.4 is 5.32 Å². The van der Waals surface area contributed by atoms with E-state index in [-0.39, 0.29) is 0 Å². The average Bonchev–Trinajstić information content (AvgIpc) is 2.78. The van der Waals surface area contributed by atoms with E-state index in [1.165, 1.54) is 0 Å². The van der Waals surface area contributed by atoms with Gasteiger partial charge in [-0.05, 0) is 36.4 Å². The first-order valence-electron chi connectivity index (χ1n) is 5.77. The lowest BCUT2D eigenvalue weighted by Gasteiger charge is -2.05. The van der Waals surface area contributed by atoms with Crippen LogP contribution in [0.3, 0.4) is 0 Å². The van der Waals surface area contributed by atoms with Crippen LogP contribution in [-0.2, 0) is 0 Å². The maximum Gasteiger partial charge on any atom is 0.132 e. The molecule has 0 aliphatic heterocycles. The number of hydrogen-bond donors (Lipinski definition) is 1. The predicted octanol–water partition coefficient (Wildman–Crippen LogP) is 3.18. The molecule has 6 nitrogen and oxygen atoms in total. The molecule has 0 unspecified atom stereocenters. The molecule has 0 radical (unpaired) electrons. The lowest BCUT2D eigenvalue weighted by Crippen LogP contribution is -1.94. The molecular formula is C13H11N5O. The van der Waals surface area contributed by atoms with Gasteiger partial charge in [-0.2, -0.15) is 5.10 Å². The van der Waals surface area contributed by atoms with Gasteiger partial charge in [-0.15, -0.1) is 4.91 Å². The van der Waals surface area contributed by atoms with E-state index in [1.54, 1.807) is 22.8 Å². The maximum absolute atomic E-state index is 10.5. The molecule has 0 amide bonds. The number of nitrogens with one attached hydrogen (secondary N) is 1. The van der Waals surface area contributed by atoms with Gasteiger partial charge in [0.05, 0.1) is 11.2 Å². The molecule has 3 rings (SSSR count). The van der Waals surface area contributed by atoms with Gasteiger partial charge in [0.15, 0.2) is 0 Å². The molecule has 0 saturated carbocycles. The van der Waals surface area contributed by atoms with Gasteiger partial charge >= 0.3 is 0 Å². The third kappa shape index (κ3) is 2.28. The number of fused-ring (bicyclic) bond motifs is 1. The Balaban J connectivity index is 1.93. The topological polar surface area (TPSA) is 71.7 Å². The third-order valence-electron chi connectivity index (χ3n) is 2.71. The second-order valence-corrected chi connectivity index (χ2v) is 4.19. The molecule has 0 aromatic carbocycles. The number of hydrogen-bond acceptors (Lipinski definition) is 5. The molecule has 3 heterocycles. The highest BCUT2D eigenvalue weighted by molar-refractivity contribution is 5.65. The van der Waals surface area contributed by atoms with E-state index in [9.17, 15) is 4.91 Å². The molecule has 0 fully saturated rings. The van der Waals surface area contributed by atoms with Crippen molar-refractivity contribution in [1.82, 2.24) is 14.6 Å². The summed E-state index contributed by atoms with van der Waals surface area (Å²) in [7, 11) is 0. The Hall–Kier alpha value is -2.76. The zero-order valence-electron chi connectivity index (χ0n) is 10.2. The predicted molar refractivity (Wildman–Crippen MR) is 72.9 cm³/mol. The van der Waals surface area contributed by atoms with Gasteiger partial charge in [-0.1, -0.05) is 0 Å². The summed E-state index contributed by atoms with van der Waals surface area (Å²) in [5, 5.41) is 10.3. The molecule has 0 aliphatic carbocycles. The minimum Gasteiger partial charge on any atom is -0.340 e. The van der Waals surface area contributed by atoms with Gasteiger partial charge in [-0.25, -0.2) is 9.50 Å². The van der Waals surface area contributed by atoms with Crippen molar-refractivity contribution in [3.05, 3.63) is 53.3 Å². The summed E-state index contributed by atoms with van der Waals surface area (Å²) in [6, 6.07) is 8.99. The highest BCUT2D eigenvalue weighted by atomic mass is 16.3. The lowest BCUT2D eigenvalue weighted by molar-refractivity contribution is 0.934. The van der Waals surface area contributed by atoms with Crippen LogP contribution in [0.2, 0.25) is 0 Å². The number of rotatable bonds is 3. The molecule has 0 atom stereocenters. The van der Waals surface area contributed by atoms with E-state index in [4.69, 9.17) is 0 Å². The number of aryl methyl sites for hydroxylation is 1. The molecule has 0 bridgehead atoms. The second-order valence-electron chi connectivity index (χ2n) is 4.19. The highest BCUT2D eigenvalue weighted by Gasteiger charge is 2.01. The summed E-state index contributed by atoms with van der Waals surface area (Å²) in [4.78, 5) is 14.6. The van der Waals surface area contributed by atoms with Crippen LogP contribution in [0, 0.1) is 11.8 Å². The normalized spacial score (nSPS) is 10.6. The number of nitrogens with zero attached hydrogens (tertiary/aromatic N) is 4.